The summed E-state index contributed by atoms with van der Waals surface area (Å²) in [6.45, 7) is 4.99. The van der Waals surface area contributed by atoms with Crippen molar-refractivity contribution in [2.45, 2.75) is 31.3 Å². The van der Waals surface area contributed by atoms with E-state index in [1.807, 2.05) is 29.8 Å². The van der Waals surface area contributed by atoms with E-state index in [9.17, 15) is 4.79 Å². The maximum absolute atomic E-state index is 12.1. The summed E-state index contributed by atoms with van der Waals surface area (Å²) in [5, 5.41) is 12.2. The van der Waals surface area contributed by atoms with Crippen LogP contribution in [0.5, 0.6) is 0 Å². The molecular formula is C22H26N4OS. The predicted octanol–water partition coefficient (Wildman–Crippen LogP) is 4.06. The van der Waals surface area contributed by atoms with E-state index < -0.39 is 0 Å². The fourth-order valence-electron chi connectivity index (χ4n) is 2.88. The minimum Gasteiger partial charge on any atom is -0.355 e. The van der Waals surface area contributed by atoms with Gasteiger partial charge in [-0.3, -0.25) is 4.79 Å². The van der Waals surface area contributed by atoms with Gasteiger partial charge in [0.1, 0.15) is 0 Å². The zero-order valence-corrected chi connectivity index (χ0v) is 17.4. The van der Waals surface area contributed by atoms with Crippen molar-refractivity contribution in [2.24, 2.45) is 7.05 Å². The van der Waals surface area contributed by atoms with Crippen molar-refractivity contribution in [1.29, 1.82) is 0 Å². The number of carbonyl (C=O) groups excluding carboxylic acids is 1. The van der Waals surface area contributed by atoms with Crippen molar-refractivity contribution in [3.05, 3.63) is 65.7 Å². The number of carbonyl (C=O) groups is 1. The molecule has 6 heteroatoms. The Kier molecular flexibility index (Phi) is 6.87. The first-order chi connectivity index (χ1) is 13.5. The Labute approximate surface area is 170 Å². The molecule has 0 aliphatic heterocycles. The molecule has 146 valence electrons. The molecule has 0 saturated carbocycles. The molecule has 0 atom stereocenters. The number of benzene rings is 2. The largest absolute Gasteiger partial charge is 0.355 e. The van der Waals surface area contributed by atoms with Gasteiger partial charge in [-0.2, -0.15) is 0 Å². The van der Waals surface area contributed by atoms with Gasteiger partial charge in [-0.1, -0.05) is 80.2 Å². The lowest BCUT2D eigenvalue weighted by atomic mass is 10.0. The summed E-state index contributed by atoms with van der Waals surface area (Å²) in [7, 11) is 1.93. The number of hydrogen-bond acceptors (Lipinski definition) is 4. The van der Waals surface area contributed by atoms with Gasteiger partial charge in [-0.25, -0.2) is 0 Å². The van der Waals surface area contributed by atoms with Gasteiger partial charge in [-0.05, 0) is 23.5 Å². The molecule has 0 unspecified atom stereocenters. The molecule has 0 radical (unpaired) electrons. The molecule has 28 heavy (non-hydrogen) atoms. The van der Waals surface area contributed by atoms with Crippen LogP contribution in [0.25, 0.3) is 11.4 Å². The minimum absolute atomic E-state index is 0.00627. The summed E-state index contributed by atoms with van der Waals surface area (Å²) in [4.78, 5) is 12.1. The quantitative estimate of drug-likeness (QED) is 0.586. The van der Waals surface area contributed by atoms with Crippen molar-refractivity contribution >= 4 is 17.7 Å². The molecule has 1 heterocycles. The van der Waals surface area contributed by atoms with Crippen LogP contribution in [0.3, 0.4) is 0 Å². The Bertz CT molecular complexity index is 904. The molecule has 5 nitrogen and oxygen atoms in total. The molecule has 1 N–H and O–H groups in total. The number of nitrogens with one attached hydrogen (secondary N) is 1. The normalized spacial score (nSPS) is 11.0. The summed E-state index contributed by atoms with van der Waals surface area (Å²) < 4.78 is 1.94. The van der Waals surface area contributed by atoms with Crippen LogP contribution in [0.4, 0.5) is 0 Å². The lowest BCUT2D eigenvalue weighted by molar-refractivity contribution is -0.118. The van der Waals surface area contributed by atoms with Crippen LogP contribution in [-0.4, -0.2) is 33.0 Å². The number of thioether (sulfide) groups is 1. The second-order valence-corrected chi connectivity index (χ2v) is 7.96. The lowest BCUT2D eigenvalue weighted by Crippen LogP contribution is -2.27. The molecular weight excluding hydrogens is 368 g/mol. The molecule has 0 aliphatic rings. The maximum atomic E-state index is 12.1. The van der Waals surface area contributed by atoms with E-state index in [1.54, 1.807) is 0 Å². The van der Waals surface area contributed by atoms with Gasteiger partial charge in [0.25, 0.3) is 0 Å². The number of aromatic nitrogens is 3. The lowest BCUT2D eigenvalue weighted by Gasteiger charge is -2.07. The molecule has 0 bridgehead atoms. The Hall–Kier alpha value is -2.60. The van der Waals surface area contributed by atoms with Crippen molar-refractivity contribution < 1.29 is 4.79 Å². The predicted molar refractivity (Wildman–Crippen MR) is 114 cm³/mol. The fraction of sp³-hybridized carbons (Fsp3) is 0.318. The third-order valence-corrected chi connectivity index (χ3v) is 5.60. The third kappa shape index (κ3) is 5.23. The van der Waals surface area contributed by atoms with E-state index in [1.165, 1.54) is 22.9 Å². The van der Waals surface area contributed by atoms with Crippen molar-refractivity contribution in [2.75, 3.05) is 12.3 Å². The maximum Gasteiger partial charge on any atom is 0.230 e. The molecule has 0 spiro atoms. The number of rotatable bonds is 8. The van der Waals surface area contributed by atoms with Crippen LogP contribution in [0.1, 0.15) is 30.9 Å². The Morgan fingerprint density at radius 2 is 1.79 bits per heavy atom. The van der Waals surface area contributed by atoms with Gasteiger partial charge in [0.2, 0.25) is 5.91 Å². The van der Waals surface area contributed by atoms with Crippen LogP contribution in [-0.2, 0) is 18.3 Å². The highest BCUT2D eigenvalue weighted by Crippen LogP contribution is 2.24. The second-order valence-electron chi connectivity index (χ2n) is 7.02. The summed E-state index contributed by atoms with van der Waals surface area (Å²) >= 11 is 1.40. The van der Waals surface area contributed by atoms with E-state index in [0.717, 1.165) is 23.0 Å². The van der Waals surface area contributed by atoms with Gasteiger partial charge in [-0.15, -0.1) is 10.2 Å². The summed E-state index contributed by atoms with van der Waals surface area (Å²) in [5.41, 5.74) is 3.54. The molecule has 3 aromatic rings. The Morgan fingerprint density at radius 1 is 1.07 bits per heavy atom. The van der Waals surface area contributed by atoms with Gasteiger partial charge in [0.15, 0.2) is 11.0 Å². The van der Waals surface area contributed by atoms with Crippen LogP contribution in [0.2, 0.25) is 0 Å². The molecule has 1 amide bonds. The highest BCUT2D eigenvalue weighted by atomic mass is 32.2. The summed E-state index contributed by atoms with van der Waals surface area (Å²) in [5.74, 6) is 1.64. The Balaban J connectivity index is 1.52. The molecule has 2 aromatic carbocycles. The topological polar surface area (TPSA) is 59.8 Å². The minimum atomic E-state index is 0.00627. The first kappa shape index (κ1) is 20.1. The third-order valence-electron chi connectivity index (χ3n) is 4.58. The highest BCUT2D eigenvalue weighted by Gasteiger charge is 2.13. The summed E-state index contributed by atoms with van der Waals surface area (Å²) in [6, 6.07) is 18.5. The average Bonchev–Trinajstić information content (AvgIpc) is 3.07. The van der Waals surface area contributed by atoms with Crippen molar-refractivity contribution in [1.82, 2.24) is 20.1 Å². The number of amides is 1. The zero-order chi connectivity index (χ0) is 19.9. The van der Waals surface area contributed by atoms with Crippen molar-refractivity contribution in [3.8, 4) is 11.4 Å². The first-order valence-corrected chi connectivity index (χ1v) is 10.5. The second kappa shape index (κ2) is 9.55. The fourth-order valence-corrected chi connectivity index (χ4v) is 3.62. The first-order valence-electron chi connectivity index (χ1n) is 9.47. The van der Waals surface area contributed by atoms with E-state index in [-0.39, 0.29) is 5.91 Å². The van der Waals surface area contributed by atoms with E-state index in [0.29, 0.717) is 18.2 Å². The van der Waals surface area contributed by atoms with Crippen molar-refractivity contribution in [3.63, 3.8) is 0 Å². The molecule has 3 rings (SSSR count). The van der Waals surface area contributed by atoms with E-state index in [2.05, 4.69) is 65.8 Å². The molecule has 0 saturated heterocycles. The van der Waals surface area contributed by atoms with Gasteiger partial charge >= 0.3 is 0 Å². The number of nitrogens with zero attached hydrogens (tertiary/aromatic N) is 3. The van der Waals surface area contributed by atoms with Crippen LogP contribution in [0, 0.1) is 0 Å². The van der Waals surface area contributed by atoms with Crippen LogP contribution >= 0.6 is 11.8 Å². The van der Waals surface area contributed by atoms with Gasteiger partial charge in [0, 0.05) is 19.2 Å². The van der Waals surface area contributed by atoms with Gasteiger partial charge in [0.05, 0.1) is 5.75 Å². The van der Waals surface area contributed by atoms with E-state index in [4.69, 9.17) is 0 Å². The standard InChI is InChI=1S/C22H26N4OS/c1-16(2)18-9-11-19(12-10-18)21-24-25-22(26(21)3)28-15-20(27)23-14-13-17-7-5-4-6-8-17/h4-12,16H,13-15H2,1-3H3,(H,23,27). The SMILES string of the molecule is CC(C)c1ccc(-c2nnc(SCC(=O)NCCc3ccccc3)n2C)cc1. The van der Waals surface area contributed by atoms with Crippen LogP contribution in [0.15, 0.2) is 59.8 Å². The highest BCUT2D eigenvalue weighted by molar-refractivity contribution is 7.99. The monoisotopic (exact) mass is 394 g/mol. The zero-order valence-electron chi connectivity index (χ0n) is 16.6. The average molecular weight is 395 g/mol. The van der Waals surface area contributed by atoms with E-state index >= 15 is 0 Å². The van der Waals surface area contributed by atoms with Crippen LogP contribution < -0.4 is 5.32 Å². The molecule has 0 aliphatic carbocycles. The number of hydrogen-bond donors (Lipinski definition) is 1. The molecule has 0 fully saturated rings. The Morgan fingerprint density at radius 3 is 2.46 bits per heavy atom. The smallest absolute Gasteiger partial charge is 0.230 e. The molecule has 1 aromatic heterocycles. The summed E-state index contributed by atoms with van der Waals surface area (Å²) in [6.07, 6.45) is 0.831. The van der Waals surface area contributed by atoms with Gasteiger partial charge < -0.3 is 9.88 Å².